The summed E-state index contributed by atoms with van der Waals surface area (Å²) in [5, 5.41) is 3.34. The molecule has 0 aliphatic carbocycles. The third-order valence-electron chi connectivity index (χ3n) is 1.82. The number of hydrogen-bond donors (Lipinski definition) is 1. The lowest BCUT2D eigenvalue weighted by atomic mass is 10.2. The summed E-state index contributed by atoms with van der Waals surface area (Å²) in [5.74, 6) is 1.00. The van der Waals surface area contributed by atoms with Gasteiger partial charge in [0.15, 0.2) is 0 Å². The van der Waals surface area contributed by atoms with E-state index in [1.165, 1.54) is 0 Å². The first-order valence-corrected chi connectivity index (χ1v) is 4.08. The fourth-order valence-electron chi connectivity index (χ4n) is 0.832. The van der Waals surface area contributed by atoms with Crippen molar-refractivity contribution in [2.45, 2.75) is 32.9 Å². The molecule has 62 valence electrons. The lowest BCUT2D eigenvalue weighted by Gasteiger charge is -2.08. The molecule has 0 fully saturated rings. The van der Waals surface area contributed by atoms with Crippen LogP contribution in [0.25, 0.3) is 0 Å². The van der Waals surface area contributed by atoms with Crippen LogP contribution >= 0.6 is 0 Å². The first kappa shape index (κ1) is 8.34. The molecular formula is C9H15NO. The fraction of sp³-hybridized carbons (Fsp3) is 0.556. The summed E-state index contributed by atoms with van der Waals surface area (Å²) in [5.41, 5.74) is 0. The summed E-state index contributed by atoms with van der Waals surface area (Å²) in [7, 11) is 0. The SMILES string of the molecule is CCC(C)NCc1ccco1. The average Bonchev–Trinajstić information content (AvgIpc) is 2.52. The van der Waals surface area contributed by atoms with E-state index in [0.717, 1.165) is 18.7 Å². The summed E-state index contributed by atoms with van der Waals surface area (Å²) in [4.78, 5) is 0. The molecule has 0 aliphatic rings. The topological polar surface area (TPSA) is 25.2 Å². The highest BCUT2D eigenvalue weighted by molar-refractivity contribution is 4.97. The molecule has 0 radical (unpaired) electrons. The van der Waals surface area contributed by atoms with Gasteiger partial charge in [0.2, 0.25) is 0 Å². The average molecular weight is 153 g/mol. The van der Waals surface area contributed by atoms with Crippen molar-refractivity contribution >= 4 is 0 Å². The predicted octanol–water partition coefficient (Wildman–Crippen LogP) is 2.17. The highest BCUT2D eigenvalue weighted by Crippen LogP contribution is 1.99. The molecule has 2 heteroatoms. The Hall–Kier alpha value is -0.760. The van der Waals surface area contributed by atoms with Crippen LogP contribution in [0.5, 0.6) is 0 Å². The van der Waals surface area contributed by atoms with Gasteiger partial charge in [-0.25, -0.2) is 0 Å². The maximum atomic E-state index is 5.17. The molecule has 0 spiro atoms. The van der Waals surface area contributed by atoms with Crippen LogP contribution in [0, 0.1) is 0 Å². The third-order valence-corrected chi connectivity index (χ3v) is 1.82. The molecule has 0 aromatic carbocycles. The molecule has 1 rings (SSSR count). The van der Waals surface area contributed by atoms with Crippen molar-refractivity contribution in [1.29, 1.82) is 0 Å². The first-order chi connectivity index (χ1) is 5.33. The number of rotatable bonds is 4. The third kappa shape index (κ3) is 2.76. The molecule has 1 atom stereocenters. The number of furan rings is 1. The van der Waals surface area contributed by atoms with Crippen molar-refractivity contribution in [2.24, 2.45) is 0 Å². The summed E-state index contributed by atoms with van der Waals surface area (Å²) in [6.45, 7) is 5.17. The van der Waals surface area contributed by atoms with Crippen LogP contribution in [0.3, 0.4) is 0 Å². The Balaban J connectivity index is 2.23. The van der Waals surface area contributed by atoms with E-state index in [2.05, 4.69) is 19.2 Å². The van der Waals surface area contributed by atoms with Gasteiger partial charge in [-0.15, -0.1) is 0 Å². The molecule has 1 N–H and O–H groups in total. The highest BCUT2D eigenvalue weighted by atomic mass is 16.3. The normalized spacial score (nSPS) is 13.3. The smallest absolute Gasteiger partial charge is 0.117 e. The molecule has 2 nitrogen and oxygen atoms in total. The maximum Gasteiger partial charge on any atom is 0.117 e. The Labute approximate surface area is 67.6 Å². The minimum absolute atomic E-state index is 0.570. The monoisotopic (exact) mass is 153 g/mol. The van der Waals surface area contributed by atoms with Gasteiger partial charge in [-0.05, 0) is 25.5 Å². The van der Waals surface area contributed by atoms with E-state index >= 15 is 0 Å². The van der Waals surface area contributed by atoms with Gasteiger partial charge in [-0.2, -0.15) is 0 Å². The minimum Gasteiger partial charge on any atom is -0.468 e. The van der Waals surface area contributed by atoms with Gasteiger partial charge >= 0.3 is 0 Å². The van der Waals surface area contributed by atoms with Crippen molar-refractivity contribution in [3.63, 3.8) is 0 Å². The summed E-state index contributed by atoms with van der Waals surface area (Å²) >= 11 is 0. The Kier molecular flexibility index (Phi) is 3.17. The Bertz CT molecular complexity index is 181. The summed E-state index contributed by atoms with van der Waals surface area (Å²) < 4.78 is 5.17. The van der Waals surface area contributed by atoms with E-state index in [1.54, 1.807) is 6.26 Å². The van der Waals surface area contributed by atoms with Crippen LogP contribution in [-0.2, 0) is 6.54 Å². The first-order valence-electron chi connectivity index (χ1n) is 4.08. The van der Waals surface area contributed by atoms with Gasteiger partial charge in [-0.1, -0.05) is 6.92 Å². The number of nitrogens with one attached hydrogen (secondary N) is 1. The van der Waals surface area contributed by atoms with Crippen molar-refractivity contribution < 1.29 is 4.42 Å². The van der Waals surface area contributed by atoms with Crippen molar-refractivity contribution in [2.75, 3.05) is 0 Å². The zero-order valence-corrected chi connectivity index (χ0v) is 7.13. The Morgan fingerprint density at radius 1 is 1.64 bits per heavy atom. The van der Waals surface area contributed by atoms with Crippen LogP contribution in [0.4, 0.5) is 0 Å². The van der Waals surface area contributed by atoms with Crippen LogP contribution in [0.15, 0.2) is 22.8 Å². The molecule has 1 aromatic heterocycles. The van der Waals surface area contributed by atoms with Crippen molar-refractivity contribution in [3.05, 3.63) is 24.2 Å². The van der Waals surface area contributed by atoms with Crippen LogP contribution in [0.1, 0.15) is 26.0 Å². The van der Waals surface area contributed by atoms with Gasteiger partial charge < -0.3 is 9.73 Å². The largest absolute Gasteiger partial charge is 0.468 e. The van der Waals surface area contributed by atoms with E-state index in [9.17, 15) is 0 Å². The van der Waals surface area contributed by atoms with Gasteiger partial charge in [-0.3, -0.25) is 0 Å². The lowest BCUT2D eigenvalue weighted by molar-refractivity contribution is 0.450. The van der Waals surface area contributed by atoms with Crippen LogP contribution in [0.2, 0.25) is 0 Å². The summed E-state index contributed by atoms with van der Waals surface area (Å²) in [6, 6.07) is 4.46. The van der Waals surface area contributed by atoms with E-state index in [0.29, 0.717) is 6.04 Å². The highest BCUT2D eigenvalue weighted by Gasteiger charge is 1.98. The van der Waals surface area contributed by atoms with Crippen LogP contribution in [-0.4, -0.2) is 6.04 Å². The maximum absolute atomic E-state index is 5.17. The zero-order chi connectivity index (χ0) is 8.10. The van der Waals surface area contributed by atoms with Gasteiger partial charge in [0.1, 0.15) is 5.76 Å². The second-order valence-electron chi connectivity index (χ2n) is 2.77. The zero-order valence-electron chi connectivity index (χ0n) is 7.13. The summed E-state index contributed by atoms with van der Waals surface area (Å²) in [6.07, 6.45) is 2.86. The second kappa shape index (κ2) is 4.19. The van der Waals surface area contributed by atoms with E-state index in [4.69, 9.17) is 4.42 Å². The van der Waals surface area contributed by atoms with Crippen molar-refractivity contribution in [3.8, 4) is 0 Å². The predicted molar refractivity (Wildman–Crippen MR) is 45.3 cm³/mol. The quantitative estimate of drug-likeness (QED) is 0.717. The molecule has 1 heterocycles. The Morgan fingerprint density at radius 2 is 2.45 bits per heavy atom. The fourth-order valence-corrected chi connectivity index (χ4v) is 0.832. The lowest BCUT2D eigenvalue weighted by Crippen LogP contribution is -2.24. The molecule has 0 aliphatic heterocycles. The molecule has 11 heavy (non-hydrogen) atoms. The van der Waals surface area contributed by atoms with E-state index in [1.807, 2.05) is 12.1 Å². The van der Waals surface area contributed by atoms with Gasteiger partial charge in [0.05, 0.1) is 12.8 Å². The molecule has 0 amide bonds. The Morgan fingerprint density at radius 3 is 3.00 bits per heavy atom. The minimum atomic E-state index is 0.570. The molecule has 1 unspecified atom stereocenters. The molecule has 1 aromatic rings. The standard InChI is InChI=1S/C9H15NO/c1-3-8(2)10-7-9-5-4-6-11-9/h4-6,8,10H,3,7H2,1-2H3. The number of hydrogen-bond acceptors (Lipinski definition) is 2. The molecule has 0 saturated heterocycles. The van der Waals surface area contributed by atoms with Crippen LogP contribution < -0.4 is 5.32 Å². The molecule has 0 bridgehead atoms. The van der Waals surface area contributed by atoms with Crippen molar-refractivity contribution in [1.82, 2.24) is 5.32 Å². The van der Waals surface area contributed by atoms with E-state index < -0.39 is 0 Å². The van der Waals surface area contributed by atoms with E-state index in [-0.39, 0.29) is 0 Å². The van der Waals surface area contributed by atoms with Gasteiger partial charge in [0.25, 0.3) is 0 Å². The molecular weight excluding hydrogens is 138 g/mol. The second-order valence-corrected chi connectivity index (χ2v) is 2.77. The molecule has 0 saturated carbocycles. The van der Waals surface area contributed by atoms with Gasteiger partial charge in [0, 0.05) is 6.04 Å².